The van der Waals surface area contributed by atoms with Crippen LogP contribution < -0.4 is 5.32 Å². The van der Waals surface area contributed by atoms with Gasteiger partial charge in [0.1, 0.15) is 0 Å². The molecular weight excluding hydrogens is 250 g/mol. The summed E-state index contributed by atoms with van der Waals surface area (Å²) in [5.41, 5.74) is 6.05. The molecule has 2 aromatic carbocycles. The largest absolute Gasteiger partial charge is 0.481 e. The highest BCUT2D eigenvalue weighted by Crippen LogP contribution is 2.28. The van der Waals surface area contributed by atoms with Gasteiger partial charge in [0.05, 0.1) is 6.42 Å². The lowest BCUT2D eigenvalue weighted by Crippen LogP contribution is -2.24. The molecule has 0 bridgehead atoms. The van der Waals surface area contributed by atoms with Crippen LogP contribution >= 0.6 is 0 Å². The number of hydrogen-bond donors (Lipinski definition) is 2. The van der Waals surface area contributed by atoms with Gasteiger partial charge in [-0.1, -0.05) is 42.5 Å². The minimum Gasteiger partial charge on any atom is -0.481 e. The topological polar surface area (TPSA) is 49.3 Å². The van der Waals surface area contributed by atoms with Crippen LogP contribution in [0.1, 0.15) is 16.7 Å². The SMILES string of the molecule is O=C(O)Cc1ccc(-c2cccc3c2CCNC3)cc1. The molecule has 0 saturated heterocycles. The van der Waals surface area contributed by atoms with Gasteiger partial charge in [-0.25, -0.2) is 0 Å². The summed E-state index contributed by atoms with van der Waals surface area (Å²) < 4.78 is 0. The maximum absolute atomic E-state index is 10.7. The van der Waals surface area contributed by atoms with E-state index in [9.17, 15) is 4.79 Å². The molecule has 1 heterocycles. The van der Waals surface area contributed by atoms with Crippen LogP contribution in [0.3, 0.4) is 0 Å². The molecule has 0 spiro atoms. The van der Waals surface area contributed by atoms with Gasteiger partial charge in [0.15, 0.2) is 0 Å². The monoisotopic (exact) mass is 267 g/mol. The summed E-state index contributed by atoms with van der Waals surface area (Å²) in [4.78, 5) is 10.7. The lowest BCUT2D eigenvalue weighted by atomic mass is 9.91. The van der Waals surface area contributed by atoms with Crippen molar-refractivity contribution in [2.24, 2.45) is 0 Å². The molecule has 0 fully saturated rings. The third-order valence-corrected chi connectivity index (χ3v) is 3.76. The molecule has 0 aromatic heterocycles. The van der Waals surface area contributed by atoms with Gasteiger partial charge in [0.25, 0.3) is 0 Å². The van der Waals surface area contributed by atoms with Gasteiger partial charge in [-0.3, -0.25) is 4.79 Å². The van der Waals surface area contributed by atoms with Crippen molar-refractivity contribution in [2.75, 3.05) is 6.54 Å². The van der Waals surface area contributed by atoms with E-state index in [-0.39, 0.29) is 6.42 Å². The van der Waals surface area contributed by atoms with Crippen LogP contribution in [-0.2, 0) is 24.2 Å². The van der Waals surface area contributed by atoms with Crippen LogP contribution in [-0.4, -0.2) is 17.6 Å². The Bertz CT molecular complexity index is 632. The second kappa shape index (κ2) is 5.47. The summed E-state index contributed by atoms with van der Waals surface area (Å²) in [7, 11) is 0. The Labute approximate surface area is 118 Å². The molecule has 102 valence electrons. The Morgan fingerprint density at radius 3 is 2.70 bits per heavy atom. The van der Waals surface area contributed by atoms with Crippen LogP contribution in [0, 0.1) is 0 Å². The van der Waals surface area contributed by atoms with Crippen LogP contribution in [0.15, 0.2) is 42.5 Å². The van der Waals surface area contributed by atoms with Crippen molar-refractivity contribution in [1.29, 1.82) is 0 Å². The van der Waals surface area contributed by atoms with Gasteiger partial charge in [-0.2, -0.15) is 0 Å². The predicted molar refractivity (Wildman–Crippen MR) is 78.6 cm³/mol. The molecular formula is C17H17NO2. The van der Waals surface area contributed by atoms with Crippen molar-refractivity contribution < 1.29 is 9.90 Å². The van der Waals surface area contributed by atoms with E-state index >= 15 is 0 Å². The summed E-state index contributed by atoms with van der Waals surface area (Å²) in [5, 5.41) is 12.2. The average molecular weight is 267 g/mol. The quantitative estimate of drug-likeness (QED) is 0.898. The fourth-order valence-electron chi connectivity index (χ4n) is 2.78. The lowest BCUT2D eigenvalue weighted by molar-refractivity contribution is -0.136. The van der Waals surface area contributed by atoms with Gasteiger partial charge in [-0.05, 0) is 40.8 Å². The van der Waals surface area contributed by atoms with Gasteiger partial charge < -0.3 is 10.4 Å². The zero-order valence-corrected chi connectivity index (χ0v) is 11.2. The first-order chi connectivity index (χ1) is 9.74. The highest BCUT2D eigenvalue weighted by molar-refractivity contribution is 5.72. The predicted octanol–water partition coefficient (Wildman–Crippen LogP) is 2.63. The molecule has 0 amide bonds. The van der Waals surface area contributed by atoms with E-state index in [2.05, 4.69) is 23.5 Å². The van der Waals surface area contributed by atoms with Crippen molar-refractivity contribution in [1.82, 2.24) is 5.32 Å². The maximum atomic E-state index is 10.7. The first kappa shape index (κ1) is 12.9. The summed E-state index contributed by atoms with van der Waals surface area (Å²) in [5.74, 6) is -0.791. The molecule has 1 aliphatic heterocycles. The molecule has 1 aliphatic rings. The normalized spacial score (nSPS) is 13.8. The molecule has 0 unspecified atom stereocenters. The van der Waals surface area contributed by atoms with Crippen LogP contribution in [0.25, 0.3) is 11.1 Å². The Morgan fingerprint density at radius 1 is 1.15 bits per heavy atom. The first-order valence-corrected chi connectivity index (χ1v) is 6.86. The Kier molecular flexibility index (Phi) is 3.52. The maximum Gasteiger partial charge on any atom is 0.307 e. The van der Waals surface area contributed by atoms with Gasteiger partial charge in [0, 0.05) is 6.54 Å². The molecule has 3 heteroatoms. The van der Waals surface area contributed by atoms with E-state index in [1.807, 2.05) is 24.3 Å². The zero-order chi connectivity index (χ0) is 13.9. The summed E-state index contributed by atoms with van der Waals surface area (Å²) >= 11 is 0. The van der Waals surface area contributed by atoms with Crippen molar-refractivity contribution in [3.05, 3.63) is 59.2 Å². The zero-order valence-electron chi connectivity index (χ0n) is 11.2. The molecule has 0 aliphatic carbocycles. The number of rotatable bonds is 3. The highest BCUT2D eigenvalue weighted by atomic mass is 16.4. The van der Waals surface area contributed by atoms with Crippen LogP contribution in [0.2, 0.25) is 0 Å². The van der Waals surface area contributed by atoms with E-state index in [1.54, 1.807) is 0 Å². The van der Waals surface area contributed by atoms with Crippen molar-refractivity contribution in [2.45, 2.75) is 19.4 Å². The summed E-state index contributed by atoms with van der Waals surface area (Å²) in [6, 6.07) is 14.3. The average Bonchev–Trinajstić information content (AvgIpc) is 2.47. The molecule has 0 atom stereocenters. The fraction of sp³-hybridized carbons (Fsp3) is 0.235. The minimum atomic E-state index is -0.791. The van der Waals surface area contributed by atoms with Crippen LogP contribution in [0.4, 0.5) is 0 Å². The van der Waals surface area contributed by atoms with Crippen molar-refractivity contribution >= 4 is 5.97 Å². The standard InChI is InChI=1S/C17H17NO2/c19-17(20)10-12-4-6-13(7-5-12)15-3-1-2-14-11-18-9-8-16(14)15/h1-7,18H,8-11H2,(H,19,20). The van der Waals surface area contributed by atoms with Gasteiger partial charge in [-0.15, -0.1) is 0 Å². The van der Waals surface area contributed by atoms with E-state index in [1.165, 1.54) is 16.7 Å². The first-order valence-electron chi connectivity index (χ1n) is 6.86. The Morgan fingerprint density at radius 2 is 1.95 bits per heavy atom. The number of benzene rings is 2. The number of carboxylic acids is 1. The molecule has 20 heavy (non-hydrogen) atoms. The highest BCUT2D eigenvalue weighted by Gasteiger charge is 2.13. The lowest BCUT2D eigenvalue weighted by Gasteiger charge is -2.20. The number of aliphatic carboxylic acids is 1. The molecule has 3 nitrogen and oxygen atoms in total. The van der Waals surface area contributed by atoms with E-state index < -0.39 is 5.97 Å². The van der Waals surface area contributed by atoms with Crippen LogP contribution in [0.5, 0.6) is 0 Å². The summed E-state index contributed by atoms with van der Waals surface area (Å²) in [6.07, 6.45) is 1.12. The second-order valence-electron chi connectivity index (χ2n) is 5.14. The van der Waals surface area contributed by atoms with Gasteiger partial charge in [0.2, 0.25) is 0 Å². The van der Waals surface area contributed by atoms with E-state index in [4.69, 9.17) is 5.11 Å². The van der Waals surface area contributed by atoms with Gasteiger partial charge >= 0.3 is 5.97 Å². The third-order valence-electron chi connectivity index (χ3n) is 3.76. The third kappa shape index (κ3) is 2.58. The number of fused-ring (bicyclic) bond motifs is 1. The minimum absolute atomic E-state index is 0.0805. The molecule has 0 saturated carbocycles. The molecule has 2 N–H and O–H groups in total. The smallest absolute Gasteiger partial charge is 0.307 e. The Hall–Kier alpha value is -2.13. The van der Waals surface area contributed by atoms with Crippen molar-refractivity contribution in [3.63, 3.8) is 0 Å². The number of carboxylic acid groups (broad SMARTS) is 1. The van der Waals surface area contributed by atoms with E-state index in [0.29, 0.717) is 0 Å². The molecule has 0 radical (unpaired) electrons. The fourth-order valence-corrected chi connectivity index (χ4v) is 2.78. The number of hydrogen-bond acceptors (Lipinski definition) is 2. The van der Waals surface area contributed by atoms with Crippen molar-refractivity contribution in [3.8, 4) is 11.1 Å². The molecule has 3 rings (SSSR count). The number of carbonyl (C=O) groups is 1. The van der Waals surface area contributed by atoms with E-state index in [0.717, 1.165) is 30.6 Å². The second-order valence-corrected chi connectivity index (χ2v) is 5.14. The summed E-state index contributed by atoms with van der Waals surface area (Å²) in [6.45, 7) is 1.95. The molecule has 2 aromatic rings. The Balaban J connectivity index is 1.95. The number of nitrogens with one attached hydrogen (secondary N) is 1.